The van der Waals surface area contributed by atoms with Gasteiger partial charge in [-0.1, -0.05) is 35.9 Å². The summed E-state index contributed by atoms with van der Waals surface area (Å²) in [5.74, 6) is -2.81. The van der Waals surface area contributed by atoms with Crippen molar-refractivity contribution >= 4 is 5.97 Å². The first-order valence-electron chi connectivity index (χ1n) is 7.51. The van der Waals surface area contributed by atoms with Crippen molar-refractivity contribution < 1.29 is 18.3 Å². The third kappa shape index (κ3) is 3.52. The van der Waals surface area contributed by atoms with Crippen LogP contribution in [-0.2, 0) is 0 Å². The molecule has 0 spiro atoms. The highest BCUT2D eigenvalue weighted by atomic mass is 19.2. The first-order chi connectivity index (χ1) is 12.0. The molecule has 0 saturated carbocycles. The smallest absolute Gasteiger partial charge is 0.346 e. The van der Waals surface area contributed by atoms with Gasteiger partial charge in [0.25, 0.3) is 0 Å². The number of carbonyl (C=O) groups is 1. The highest BCUT2D eigenvalue weighted by molar-refractivity contribution is 5.92. The Bertz CT molecular complexity index is 923. The number of benzene rings is 2. The second kappa shape index (κ2) is 6.76. The molecule has 3 aromatic rings. The van der Waals surface area contributed by atoms with Gasteiger partial charge in [-0.2, -0.15) is 0 Å². The van der Waals surface area contributed by atoms with E-state index in [1.54, 1.807) is 31.2 Å². The van der Waals surface area contributed by atoms with Gasteiger partial charge in [0.1, 0.15) is 5.82 Å². The molecule has 0 fully saturated rings. The number of aryl methyl sites for hydroxylation is 2. The Morgan fingerprint density at radius 1 is 0.920 bits per heavy atom. The Kier molecular flexibility index (Phi) is 4.52. The fourth-order valence-electron chi connectivity index (χ4n) is 2.26. The zero-order valence-electron chi connectivity index (χ0n) is 13.6. The number of hydrogen-bond donors (Lipinski definition) is 0. The Hall–Kier alpha value is -3.15. The third-order valence-corrected chi connectivity index (χ3v) is 3.63. The number of halogens is 2. The number of nitrogens with zero attached hydrogens (tertiary/aromatic N) is 2. The highest BCUT2D eigenvalue weighted by Gasteiger charge is 2.21. The largest absolute Gasteiger partial charge is 0.420 e. The van der Waals surface area contributed by atoms with Crippen LogP contribution in [0.1, 0.15) is 21.7 Å². The second-order valence-corrected chi connectivity index (χ2v) is 5.51. The van der Waals surface area contributed by atoms with E-state index in [0.29, 0.717) is 11.4 Å². The van der Waals surface area contributed by atoms with Crippen LogP contribution in [0.2, 0.25) is 0 Å². The minimum Gasteiger partial charge on any atom is -0.420 e. The molecular formula is C19H14F2N2O2. The van der Waals surface area contributed by atoms with Crippen LogP contribution in [0.4, 0.5) is 8.78 Å². The topological polar surface area (TPSA) is 52.1 Å². The second-order valence-electron chi connectivity index (χ2n) is 5.51. The quantitative estimate of drug-likeness (QED) is 0.669. The van der Waals surface area contributed by atoms with Gasteiger partial charge in [-0.25, -0.2) is 23.5 Å². The lowest BCUT2D eigenvalue weighted by molar-refractivity contribution is 0.0727. The van der Waals surface area contributed by atoms with Crippen molar-refractivity contribution in [3.63, 3.8) is 0 Å². The van der Waals surface area contributed by atoms with Crippen molar-refractivity contribution in [3.8, 4) is 16.9 Å². The van der Waals surface area contributed by atoms with E-state index in [4.69, 9.17) is 4.74 Å². The minimum atomic E-state index is -1.25. The molecule has 4 nitrogen and oxygen atoms in total. The molecular weight excluding hydrogens is 326 g/mol. The van der Waals surface area contributed by atoms with E-state index < -0.39 is 23.2 Å². The first kappa shape index (κ1) is 16.7. The molecule has 3 rings (SSSR count). The number of rotatable bonds is 3. The van der Waals surface area contributed by atoms with Crippen LogP contribution >= 0.6 is 0 Å². The van der Waals surface area contributed by atoms with Gasteiger partial charge in [0, 0.05) is 5.56 Å². The molecule has 0 N–H and O–H groups in total. The van der Waals surface area contributed by atoms with Crippen LogP contribution in [0.3, 0.4) is 0 Å². The van der Waals surface area contributed by atoms with Crippen molar-refractivity contribution in [2.75, 3.05) is 0 Å². The summed E-state index contributed by atoms with van der Waals surface area (Å²) in [5, 5.41) is 0. The number of hydrogen-bond acceptors (Lipinski definition) is 4. The predicted octanol–water partition coefficient (Wildman–Crippen LogP) is 4.26. The van der Waals surface area contributed by atoms with Gasteiger partial charge >= 0.3 is 5.97 Å². The molecule has 2 aromatic carbocycles. The van der Waals surface area contributed by atoms with Crippen molar-refractivity contribution in [2.24, 2.45) is 0 Å². The maximum atomic E-state index is 14.4. The number of carbonyl (C=O) groups excluding carboxylic acids is 1. The summed E-state index contributed by atoms with van der Waals surface area (Å²) in [6.07, 6.45) is 2.57. The Balaban J connectivity index is 1.90. The van der Waals surface area contributed by atoms with Crippen LogP contribution in [0.5, 0.6) is 5.75 Å². The SMILES string of the molecule is Cc1ccc(-c2ccc(C(=O)Oc3cnc(C)nc3)c(F)c2F)cc1. The summed E-state index contributed by atoms with van der Waals surface area (Å²) in [5.41, 5.74) is 1.11. The molecule has 0 saturated heterocycles. The van der Waals surface area contributed by atoms with Crippen LogP contribution < -0.4 is 4.74 Å². The van der Waals surface area contributed by atoms with E-state index in [9.17, 15) is 13.6 Å². The zero-order chi connectivity index (χ0) is 18.0. The summed E-state index contributed by atoms with van der Waals surface area (Å²) in [6, 6.07) is 9.53. The van der Waals surface area contributed by atoms with E-state index in [1.807, 2.05) is 6.92 Å². The number of esters is 1. The maximum absolute atomic E-state index is 14.4. The van der Waals surface area contributed by atoms with Crippen LogP contribution in [0.15, 0.2) is 48.8 Å². The normalized spacial score (nSPS) is 10.6. The lowest BCUT2D eigenvalue weighted by Crippen LogP contribution is -2.12. The van der Waals surface area contributed by atoms with Gasteiger partial charge in [-0.05, 0) is 25.5 Å². The molecule has 0 aliphatic heterocycles. The maximum Gasteiger partial charge on any atom is 0.346 e. The molecule has 6 heteroatoms. The van der Waals surface area contributed by atoms with Crippen molar-refractivity contribution in [1.29, 1.82) is 0 Å². The van der Waals surface area contributed by atoms with Crippen molar-refractivity contribution in [1.82, 2.24) is 9.97 Å². The van der Waals surface area contributed by atoms with Crippen LogP contribution in [-0.4, -0.2) is 15.9 Å². The van der Waals surface area contributed by atoms with Gasteiger partial charge in [-0.15, -0.1) is 0 Å². The van der Waals surface area contributed by atoms with E-state index in [0.717, 1.165) is 5.56 Å². The molecule has 0 radical (unpaired) electrons. The monoisotopic (exact) mass is 340 g/mol. The van der Waals surface area contributed by atoms with E-state index >= 15 is 0 Å². The fraction of sp³-hybridized carbons (Fsp3) is 0.105. The zero-order valence-corrected chi connectivity index (χ0v) is 13.6. The summed E-state index contributed by atoms with van der Waals surface area (Å²) in [4.78, 5) is 19.8. The van der Waals surface area contributed by atoms with Crippen LogP contribution in [0, 0.1) is 25.5 Å². The van der Waals surface area contributed by atoms with Gasteiger partial charge in [0.05, 0.1) is 18.0 Å². The molecule has 126 valence electrons. The minimum absolute atomic E-state index is 0.0537. The fourth-order valence-corrected chi connectivity index (χ4v) is 2.26. The Labute approximate surface area is 143 Å². The van der Waals surface area contributed by atoms with E-state index in [2.05, 4.69) is 9.97 Å². The van der Waals surface area contributed by atoms with Crippen molar-refractivity contribution in [3.05, 3.63) is 77.4 Å². The summed E-state index contributed by atoms with van der Waals surface area (Å²) in [6.45, 7) is 3.57. The molecule has 0 aliphatic carbocycles. The lowest BCUT2D eigenvalue weighted by Gasteiger charge is -2.09. The summed E-state index contributed by atoms with van der Waals surface area (Å²) >= 11 is 0. The molecule has 1 aromatic heterocycles. The van der Waals surface area contributed by atoms with E-state index in [1.165, 1.54) is 24.5 Å². The molecule has 0 unspecified atom stereocenters. The summed E-state index contributed by atoms with van der Waals surface area (Å²) in [7, 11) is 0. The predicted molar refractivity (Wildman–Crippen MR) is 88.3 cm³/mol. The van der Waals surface area contributed by atoms with Crippen molar-refractivity contribution in [2.45, 2.75) is 13.8 Å². The van der Waals surface area contributed by atoms with Gasteiger partial charge in [0.2, 0.25) is 0 Å². The molecule has 0 bridgehead atoms. The standard InChI is InChI=1S/C19H14F2N2O2/c1-11-3-5-13(6-4-11)15-7-8-16(18(21)17(15)20)19(24)25-14-9-22-12(2)23-10-14/h3-10H,1-2H3. The lowest BCUT2D eigenvalue weighted by atomic mass is 10.0. The third-order valence-electron chi connectivity index (χ3n) is 3.63. The molecule has 0 amide bonds. The number of aromatic nitrogens is 2. The van der Waals surface area contributed by atoms with Crippen LogP contribution in [0.25, 0.3) is 11.1 Å². The molecule has 0 aliphatic rings. The highest BCUT2D eigenvalue weighted by Crippen LogP contribution is 2.27. The Morgan fingerprint density at radius 3 is 2.20 bits per heavy atom. The Morgan fingerprint density at radius 2 is 1.56 bits per heavy atom. The van der Waals surface area contributed by atoms with Gasteiger partial charge < -0.3 is 4.74 Å². The first-order valence-corrected chi connectivity index (χ1v) is 7.51. The average molecular weight is 340 g/mol. The summed E-state index contributed by atoms with van der Waals surface area (Å²) < 4.78 is 33.7. The molecule has 0 atom stereocenters. The van der Waals surface area contributed by atoms with Gasteiger partial charge in [-0.3, -0.25) is 0 Å². The molecule has 25 heavy (non-hydrogen) atoms. The van der Waals surface area contributed by atoms with Gasteiger partial charge in [0.15, 0.2) is 17.4 Å². The molecule has 1 heterocycles. The average Bonchev–Trinajstić information content (AvgIpc) is 2.60. The number of ether oxygens (including phenoxy) is 1. The van der Waals surface area contributed by atoms with E-state index in [-0.39, 0.29) is 11.3 Å².